The first-order valence-corrected chi connectivity index (χ1v) is 13.6. The fourth-order valence-electron chi connectivity index (χ4n) is 3.78. The lowest BCUT2D eigenvalue weighted by Crippen LogP contribution is -2.64. The molecule has 0 saturated carbocycles. The third-order valence-corrected chi connectivity index (χ3v) is 5.31. The molecule has 0 aliphatic heterocycles. The molecule has 0 radical (unpaired) electrons. The van der Waals surface area contributed by atoms with Gasteiger partial charge in [-0.25, -0.2) is 4.89 Å². The van der Waals surface area contributed by atoms with Gasteiger partial charge in [0.05, 0.1) is 19.8 Å². The Balaban J connectivity index is 3.18. The van der Waals surface area contributed by atoms with E-state index >= 15 is 0 Å². The third-order valence-electron chi connectivity index (χ3n) is 5.31. The molecule has 8 nitrogen and oxygen atoms in total. The van der Waals surface area contributed by atoms with Crippen LogP contribution in [-0.4, -0.2) is 57.7 Å². The molecule has 0 amide bonds. The van der Waals surface area contributed by atoms with Crippen molar-refractivity contribution in [3.8, 4) is 5.75 Å². The van der Waals surface area contributed by atoms with Crippen LogP contribution in [0.3, 0.4) is 0 Å². The van der Waals surface area contributed by atoms with Crippen LogP contribution in [0.1, 0.15) is 80.6 Å². The van der Waals surface area contributed by atoms with Crippen molar-refractivity contribution in [3.05, 3.63) is 30.3 Å². The SMILES string of the molecule is CCOOC(OCC)(OCC(CCCCCC(C)C)Oc1ccccc1)C(OCC)(OCC)OCC. The standard InChI is InChI=1S/C28H50O8/c1-8-29-27(30-9-2,31-10-3)28(32-11-4,36-34-12-5)33-23-26(22-18-13-15-19-24(6)7)35-25-20-16-14-17-21-25/h14,16-17,20-21,24,26H,8-13,15,18-19,22-23H2,1-7H3. The predicted octanol–water partition coefficient (Wildman–Crippen LogP) is 6.48. The molecule has 36 heavy (non-hydrogen) atoms. The van der Waals surface area contributed by atoms with Crippen LogP contribution >= 0.6 is 0 Å². The summed E-state index contributed by atoms with van der Waals surface area (Å²) in [5, 5.41) is 0. The summed E-state index contributed by atoms with van der Waals surface area (Å²) in [4.78, 5) is 11.1. The number of benzene rings is 1. The number of rotatable bonds is 23. The minimum absolute atomic E-state index is 0.140. The van der Waals surface area contributed by atoms with Gasteiger partial charge in [-0.3, -0.25) is 0 Å². The van der Waals surface area contributed by atoms with Crippen LogP contribution in [-0.2, 0) is 33.5 Å². The van der Waals surface area contributed by atoms with E-state index in [9.17, 15) is 0 Å². The van der Waals surface area contributed by atoms with Crippen LogP contribution < -0.4 is 4.74 Å². The summed E-state index contributed by atoms with van der Waals surface area (Å²) in [5.74, 6) is -2.26. The van der Waals surface area contributed by atoms with E-state index in [4.69, 9.17) is 38.2 Å². The van der Waals surface area contributed by atoms with E-state index in [2.05, 4.69) is 13.8 Å². The lowest BCUT2D eigenvalue weighted by molar-refractivity contribution is -0.616. The van der Waals surface area contributed by atoms with E-state index < -0.39 is 11.9 Å². The molecule has 0 heterocycles. The summed E-state index contributed by atoms with van der Waals surface area (Å²) < 4.78 is 36.6. The second-order valence-electron chi connectivity index (χ2n) is 8.73. The first-order chi connectivity index (χ1) is 17.4. The van der Waals surface area contributed by atoms with Crippen LogP contribution in [0.4, 0.5) is 0 Å². The van der Waals surface area contributed by atoms with Crippen molar-refractivity contribution in [1.82, 2.24) is 0 Å². The first kappa shape index (κ1) is 32.8. The van der Waals surface area contributed by atoms with Gasteiger partial charge in [-0.2, -0.15) is 4.89 Å². The van der Waals surface area contributed by atoms with Crippen molar-refractivity contribution in [2.24, 2.45) is 5.92 Å². The highest BCUT2D eigenvalue weighted by molar-refractivity contribution is 5.21. The van der Waals surface area contributed by atoms with Crippen LogP contribution in [0.5, 0.6) is 5.75 Å². The monoisotopic (exact) mass is 514 g/mol. The average Bonchev–Trinajstić information content (AvgIpc) is 2.86. The summed E-state index contributed by atoms with van der Waals surface area (Å²) in [5.41, 5.74) is 0. The van der Waals surface area contributed by atoms with Gasteiger partial charge in [-0.05, 0) is 65.5 Å². The zero-order valence-corrected chi connectivity index (χ0v) is 23.6. The lowest BCUT2D eigenvalue weighted by atomic mass is 10.0. The van der Waals surface area contributed by atoms with Crippen LogP contribution in [0.25, 0.3) is 0 Å². The van der Waals surface area contributed by atoms with Crippen molar-refractivity contribution in [1.29, 1.82) is 0 Å². The van der Waals surface area contributed by atoms with Gasteiger partial charge >= 0.3 is 11.9 Å². The maximum atomic E-state index is 6.36. The largest absolute Gasteiger partial charge is 0.488 e. The van der Waals surface area contributed by atoms with Crippen LogP contribution in [0.2, 0.25) is 0 Å². The molecule has 0 aliphatic carbocycles. The number of hydrogen-bond donors (Lipinski definition) is 0. The van der Waals surface area contributed by atoms with Gasteiger partial charge in [-0.15, -0.1) is 0 Å². The molecular formula is C28H50O8. The smallest absolute Gasteiger partial charge is 0.396 e. The van der Waals surface area contributed by atoms with Crippen LogP contribution in [0.15, 0.2) is 30.3 Å². The van der Waals surface area contributed by atoms with Gasteiger partial charge in [-0.1, -0.05) is 51.3 Å². The Bertz CT molecular complexity index is 625. The molecule has 0 N–H and O–H groups in total. The maximum absolute atomic E-state index is 6.36. The van der Waals surface area contributed by atoms with Gasteiger partial charge in [0.2, 0.25) is 0 Å². The van der Waals surface area contributed by atoms with E-state index in [1.54, 1.807) is 6.92 Å². The molecule has 0 aliphatic rings. The fourth-order valence-corrected chi connectivity index (χ4v) is 3.78. The van der Waals surface area contributed by atoms with Gasteiger partial charge in [0.15, 0.2) is 0 Å². The summed E-state index contributed by atoms with van der Waals surface area (Å²) in [6, 6.07) is 9.72. The maximum Gasteiger partial charge on any atom is 0.396 e. The molecule has 2 unspecified atom stereocenters. The second-order valence-corrected chi connectivity index (χ2v) is 8.73. The van der Waals surface area contributed by atoms with E-state index in [0.717, 1.165) is 25.0 Å². The van der Waals surface area contributed by atoms with Crippen molar-refractivity contribution in [2.75, 3.05) is 39.6 Å². The summed E-state index contributed by atoms with van der Waals surface area (Å²) in [7, 11) is 0. The van der Waals surface area contributed by atoms with Crippen LogP contribution in [0, 0.1) is 5.92 Å². The Morgan fingerprint density at radius 3 is 1.72 bits per heavy atom. The number of unbranched alkanes of at least 4 members (excludes halogenated alkanes) is 2. The minimum Gasteiger partial charge on any atom is -0.488 e. The highest BCUT2D eigenvalue weighted by Gasteiger charge is 2.62. The average molecular weight is 515 g/mol. The normalized spacial score (nSPS) is 14.7. The third kappa shape index (κ3) is 11.0. The zero-order chi connectivity index (χ0) is 26.7. The van der Waals surface area contributed by atoms with Gasteiger partial charge in [0.25, 0.3) is 0 Å². The number of para-hydroxylation sites is 1. The Hall–Kier alpha value is -1.26. The van der Waals surface area contributed by atoms with Crippen molar-refractivity contribution >= 4 is 0 Å². The molecule has 1 aromatic rings. The molecular weight excluding hydrogens is 464 g/mol. The number of ether oxygens (including phenoxy) is 6. The summed E-state index contributed by atoms with van der Waals surface area (Å²) in [6.45, 7) is 15.1. The predicted molar refractivity (Wildman–Crippen MR) is 139 cm³/mol. The van der Waals surface area contributed by atoms with Gasteiger partial charge in [0, 0.05) is 19.8 Å². The molecule has 1 rings (SSSR count). The molecule has 2 atom stereocenters. The molecule has 0 saturated heterocycles. The Morgan fingerprint density at radius 1 is 0.639 bits per heavy atom. The highest BCUT2D eigenvalue weighted by atomic mass is 17.3. The van der Waals surface area contributed by atoms with E-state index in [0.29, 0.717) is 5.92 Å². The second kappa shape index (κ2) is 18.9. The first-order valence-electron chi connectivity index (χ1n) is 13.6. The number of hydrogen-bond acceptors (Lipinski definition) is 8. The molecule has 210 valence electrons. The lowest BCUT2D eigenvalue weighted by Gasteiger charge is -2.44. The zero-order valence-electron chi connectivity index (χ0n) is 23.6. The Kier molecular flexibility index (Phi) is 17.2. The van der Waals surface area contributed by atoms with Crippen molar-refractivity contribution in [3.63, 3.8) is 0 Å². The van der Waals surface area contributed by atoms with E-state index in [-0.39, 0.29) is 45.7 Å². The molecule has 1 aromatic carbocycles. The quantitative estimate of drug-likeness (QED) is 0.0711. The van der Waals surface area contributed by atoms with E-state index in [1.165, 1.54) is 12.8 Å². The minimum atomic E-state index is -1.93. The van der Waals surface area contributed by atoms with Gasteiger partial charge in [0.1, 0.15) is 11.9 Å². The Labute approximate surface area is 218 Å². The van der Waals surface area contributed by atoms with Crippen molar-refractivity contribution in [2.45, 2.75) is 98.6 Å². The summed E-state index contributed by atoms with van der Waals surface area (Å²) in [6.07, 6.45) is 5.08. The van der Waals surface area contributed by atoms with Crippen molar-refractivity contribution < 1.29 is 38.2 Å². The molecule has 0 fully saturated rings. The highest BCUT2D eigenvalue weighted by Crippen LogP contribution is 2.37. The molecule has 0 spiro atoms. The summed E-state index contributed by atoms with van der Waals surface area (Å²) >= 11 is 0. The molecule has 0 aromatic heterocycles. The molecule has 8 heteroatoms. The van der Waals surface area contributed by atoms with Gasteiger partial charge < -0.3 is 28.4 Å². The fraction of sp³-hybridized carbons (Fsp3) is 0.786. The Morgan fingerprint density at radius 2 is 1.19 bits per heavy atom. The van der Waals surface area contributed by atoms with E-state index in [1.807, 2.05) is 58.0 Å². The topological polar surface area (TPSA) is 73.8 Å². The molecule has 0 bridgehead atoms.